The van der Waals surface area contributed by atoms with Crippen molar-refractivity contribution in [1.29, 1.82) is 0 Å². The van der Waals surface area contributed by atoms with Crippen molar-refractivity contribution in [3.05, 3.63) is 0 Å². The lowest BCUT2D eigenvalue weighted by Gasteiger charge is -1.96. The number of aliphatic imine (C=N–C) groups is 2. The lowest BCUT2D eigenvalue weighted by atomic mass is 10.2. The second-order valence-corrected chi connectivity index (χ2v) is 2.02. The quantitative estimate of drug-likeness (QED) is 0.448. The van der Waals surface area contributed by atoms with Gasteiger partial charge in [0, 0.05) is 12.3 Å². The van der Waals surface area contributed by atoms with Gasteiger partial charge in [-0.05, 0) is 19.8 Å². The van der Waals surface area contributed by atoms with Crippen LogP contribution < -0.4 is 0 Å². The van der Waals surface area contributed by atoms with Crippen LogP contribution in [0.2, 0.25) is 0 Å². The number of rotatable bonds is 0. The predicted molar refractivity (Wildman–Crippen MR) is 35.7 cm³/mol. The molecule has 0 amide bonds. The molecule has 8 heavy (non-hydrogen) atoms. The van der Waals surface area contributed by atoms with E-state index in [-0.39, 0.29) is 0 Å². The van der Waals surface area contributed by atoms with E-state index in [4.69, 9.17) is 0 Å². The average Bonchev–Trinajstić information content (AvgIpc) is 1.94. The van der Waals surface area contributed by atoms with E-state index in [0.717, 1.165) is 12.8 Å². The Bertz CT molecular complexity index is 116. The minimum Gasteiger partial charge on any atom is -0.270 e. The second-order valence-electron chi connectivity index (χ2n) is 2.02. The molecule has 0 aromatic heterocycles. The maximum absolute atomic E-state index is 4.10. The molecule has 0 radical (unpaired) electrons. The molecule has 1 aliphatic rings. The minimum atomic E-state index is 0.470. The fourth-order valence-corrected chi connectivity index (χ4v) is 0.664. The third-order valence-corrected chi connectivity index (χ3v) is 1.21. The van der Waals surface area contributed by atoms with Crippen LogP contribution in [-0.2, 0) is 0 Å². The van der Waals surface area contributed by atoms with Gasteiger partial charge in [0.05, 0.1) is 0 Å². The molecule has 0 aromatic carbocycles. The fourth-order valence-electron chi connectivity index (χ4n) is 0.664. The summed E-state index contributed by atoms with van der Waals surface area (Å²) in [5.74, 6) is 0. The van der Waals surface area contributed by atoms with Gasteiger partial charge in [-0.1, -0.05) is 0 Å². The molecular formula is C6H10N2. The maximum atomic E-state index is 4.10. The molecule has 1 rings (SSSR count). The van der Waals surface area contributed by atoms with E-state index in [9.17, 15) is 0 Å². The van der Waals surface area contributed by atoms with Crippen LogP contribution in [0.15, 0.2) is 9.98 Å². The zero-order valence-electron chi connectivity index (χ0n) is 5.04. The molecule has 2 heteroatoms. The van der Waals surface area contributed by atoms with Crippen molar-refractivity contribution < 1.29 is 0 Å². The highest BCUT2D eigenvalue weighted by Gasteiger charge is 1.96. The van der Waals surface area contributed by atoms with E-state index in [2.05, 4.69) is 16.9 Å². The van der Waals surface area contributed by atoms with Gasteiger partial charge in [0.2, 0.25) is 0 Å². The van der Waals surface area contributed by atoms with E-state index in [1.54, 1.807) is 6.34 Å². The minimum absolute atomic E-state index is 0.470. The molecule has 0 aliphatic carbocycles. The monoisotopic (exact) mass is 110 g/mol. The van der Waals surface area contributed by atoms with Gasteiger partial charge in [0.15, 0.2) is 0 Å². The Morgan fingerprint density at radius 2 is 2.50 bits per heavy atom. The largest absolute Gasteiger partial charge is 0.270 e. The van der Waals surface area contributed by atoms with E-state index in [1.165, 1.54) is 0 Å². The number of nitrogens with zero attached hydrogens (tertiary/aromatic N) is 2. The number of hydrogen-bond donors (Lipinski definition) is 0. The maximum Gasteiger partial charge on any atom is 0.109 e. The van der Waals surface area contributed by atoms with Crippen LogP contribution in [0.1, 0.15) is 19.8 Å². The van der Waals surface area contributed by atoms with Crippen LogP contribution >= 0.6 is 0 Å². The van der Waals surface area contributed by atoms with Crippen LogP contribution in [0.25, 0.3) is 0 Å². The van der Waals surface area contributed by atoms with Gasteiger partial charge >= 0.3 is 0 Å². The molecule has 0 spiro atoms. The molecule has 0 saturated heterocycles. The first-order valence-electron chi connectivity index (χ1n) is 2.93. The topological polar surface area (TPSA) is 24.7 Å². The van der Waals surface area contributed by atoms with Gasteiger partial charge in [-0.3, -0.25) is 4.99 Å². The molecule has 0 bridgehead atoms. The van der Waals surface area contributed by atoms with Crippen LogP contribution in [0.3, 0.4) is 0 Å². The summed E-state index contributed by atoms with van der Waals surface area (Å²) in [7, 11) is 0. The van der Waals surface area contributed by atoms with Crippen molar-refractivity contribution in [3.8, 4) is 0 Å². The lowest BCUT2D eigenvalue weighted by Crippen LogP contribution is -1.94. The van der Waals surface area contributed by atoms with Crippen molar-refractivity contribution in [2.45, 2.75) is 25.8 Å². The first-order chi connectivity index (χ1) is 3.89. The molecule has 1 aliphatic heterocycles. The summed E-state index contributed by atoms with van der Waals surface area (Å²) < 4.78 is 0. The van der Waals surface area contributed by atoms with E-state index < -0.39 is 0 Å². The summed E-state index contributed by atoms with van der Waals surface area (Å²) in [6, 6.07) is 0.470. The molecule has 2 nitrogen and oxygen atoms in total. The standard InChI is InChI=1S/C6H10N2/c1-6-3-2-4-7-5-8-6/h4-6H,2-3H2,1H3. The highest BCUT2D eigenvalue weighted by Crippen LogP contribution is 2.00. The smallest absolute Gasteiger partial charge is 0.109 e. The van der Waals surface area contributed by atoms with Crippen molar-refractivity contribution in [2.24, 2.45) is 9.98 Å². The third-order valence-electron chi connectivity index (χ3n) is 1.21. The Morgan fingerprint density at radius 3 is 3.38 bits per heavy atom. The highest BCUT2D eigenvalue weighted by molar-refractivity contribution is 5.73. The molecule has 0 N–H and O–H groups in total. The van der Waals surface area contributed by atoms with Crippen LogP contribution in [0, 0.1) is 0 Å². The van der Waals surface area contributed by atoms with Gasteiger partial charge in [-0.15, -0.1) is 0 Å². The average molecular weight is 110 g/mol. The Labute approximate surface area is 49.3 Å². The Hall–Kier alpha value is -0.660. The van der Waals surface area contributed by atoms with E-state index in [0.29, 0.717) is 6.04 Å². The number of hydrogen-bond acceptors (Lipinski definition) is 2. The summed E-state index contributed by atoms with van der Waals surface area (Å²) in [5.41, 5.74) is 0. The first-order valence-corrected chi connectivity index (χ1v) is 2.93. The lowest BCUT2D eigenvalue weighted by molar-refractivity contribution is 0.700. The molecule has 1 unspecified atom stereocenters. The molecule has 0 fully saturated rings. The zero-order valence-corrected chi connectivity index (χ0v) is 5.04. The van der Waals surface area contributed by atoms with Gasteiger partial charge < -0.3 is 0 Å². The van der Waals surface area contributed by atoms with Gasteiger partial charge in [0.1, 0.15) is 6.34 Å². The predicted octanol–water partition coefficient (Wildman–Crippen LogP) is 1.27. The zero-order chi connectivity index (χ0) is 5.82. The Morgan fingerprint density at radius 1 is 1.62 bits per heavy atom. The van der Waals surface area contributed by atoms with Crippen molar-refractivity contribution in [2.75, 3.05) is 0 Å². The normalized spacial score (nSPS) is 27.9. The van der Waals surface area contributed by atoms with Gasteiger partial charge in [0.25, 0.3) is 0 Å². The molecule has 1 atom stereocenters. The summed E-state index contributed by atoms with van der Waals surface area (Å²) in [4.78, 5) is 8.01. The van der Waals surface area contributed by atoms with Crippen molar-refractivity contribution in [3.63, 3.8) is 0 Å². The molecule has 0 aromatic rings. The molecule has 44 valence electrons. The Balaban J connectivity index is 2.46. The first kappa shape index (κ1) is 5.48. The summed E-state index contributed by atoms with van der Waals surface area (Å²) in [6.45, 7) is 2.10. The van der Waals surface area contributed by atoms with Crippen molar-refractivity contribution in [1.82, 2.24) is 0 Å². The van der Waals surface area contributed by atoms with E-state index >= 15 is 0 Å². The van der Waals surface area contributed by atoms with Crippen LogP contribution in [0.4, 0.5) is 0 Å². The van der Waals surface area contributed by atoms with E-state index in [1.807, 2.05) is 6.21 Å². The summed E-state index contributed by atoms with van der Waals surface area (Å²) >= 11 is 0. The fraction of sp³-hybridized carbons (Fsp3) is 0.667. The highest BCUT2D eigenvalue weighted by atomic mass is 14.9. The molecule has 1 heterocycles. The van der Waals surface area contributed by atoms with Gasteiger partial charge in [-0.2, -0.15) is 0 Å². The van der Waals surface area contributed by atoms with Crippen molar-refractivity contribution >= 4 is 12.6 Å². The van der Waals surface area contributed by atoms with Gasteiger partial charge in [-0.25, -0.2) is 4.99 Å². The molecular weight excluding hydrogens is 100 g/mol. The summed E-state index contributed by atoms with van der Waals surface area (Å²) in [5, 5.41) is 0. The van der Waals surface area contributed by atoms with Crippen LogP contribution in [0.5, 0.6) is 0 Å². The summed E-state index contributed by atoms with van der Waals surface area (Å²) in [6.07, 6.45) is 5.76. The third kappa shape index (κ3) is 1.45. The molecule has 0 saturated carbocycles. The second kappa shape index (κ2) is 2.60. The SMILES string of the molecule is CC1CCC=NC=N1. The van der Waals surface area contributed by atoms with Crippen LogP contribution in [-0.4, -0.2) is 18.6 Å². The Kier molecular flexibility index (Phi) is 1.78.